The molecule has 0 bridgehead atoms. The fourth-order valence-electron chi connectivity index (χ4n) is 2.54. The normalized spacial score (nSPS) is 28.9. The van der Waals surface area contributed by atoms with Crippen molar-refractivity contribution < 1.29 is 19.1 Å². The van der Waals surface area contributed by atoms with Gasteiger partial charge in [0.2, 0.25) is 0 Å². The van der Waals surface area contributed by atoms with Crippen molar-refractivity contribution in [1.29, 1.82) is 0 Å². The van der Waals surface area contributed by atoms with E-state index in [1.807, 2.05) is 0 Å². The number of hydrogen-bond donors (Lipinski definition) is 5. The number of guanidine groups is 1. The largest absolute Gasteiger partial charge is 0.370 e. The number of imidazole rings is 1. The molecule has 3 atom stereocenters. The highest BCUT2D eigenvalue weighted by atomic mass is 31.2. The van der Waals surface area contributed by atoms with E-state index >= 15 is 0 Å². The molecule has 0 aliphatic carbocycles. The summed E-state index contributed by atoms with van der Waals surface area (Å²) >= 11 is 0. The third-order valence-electron chi connectivity index (χ3n) is 3.53. The van der Waals surface area contributed by atoms with Gasteiger partial charge < -0.3 is 35.9 Å². The van der Waals surface area contributed by atoms with Gasteiger partial charge in [-0.15, -0.1) is 0 Å². The minimum absolute atomic E-state index is 0.206. The van der Waals surface area contributed by atoms with Crippen LogP contribution in [0.1, 0.15) is 24.7 Å². The lowest BCUT2D eigenvalue weighted by Gasteiger charge is -2.20. The van der Waals surface area contributed by atoms with E-state index < -0.39 is 19.6 Å². The molecule has 1 aromatic heterocycles. The van der Waals surface area contributed by atoms with E-state index in [4.69, 9.17) is 26.0 Å². The Hall–Kier alpha value is -1.45. The predicted octanol–water partition coefficient (Wildman–Crippen LogP) is -0.737. The molecule has 11 heteroatoms. The number of fused-ring (bicyclic) bond motifs is 1. The topological polar surface area (TPSA) is 161 Å². The zero-order valence-electron chi connectivity index (χ0n) is 11.1. The molecule has 2 aliphatic heterocycles. The molecule has 0 amide bonds. The highest BCUT2D eigenvalue weighted by Crippen LogP contribution is 2.48. The summed E-state index contributed by atoms with van der Waals surface area (Å²) in [7, 11) is -4.21. The third-order valence-corrected chi connectivity index (χ3v) is 4.66. The van der Waals surface area contributed by atoms with Crippen LogP contribution in [0.25, 0.3) is 0 Å². The molecule has 10 nitrogen and oxygen atoms in total. The van der Waals surface area contributed by atoms with E-state index in [9.17, 15) is 4.57 Å². The average Bonchev–Trinajstić information content (AvgIpc) is 2.97. The van der Waals surface area contributed by atoms with Gasteiger partial charge in [-0.05, 0) is 12.8 Å². The molecule has 3 heterocycles. The maximum atomic E-state index is 11.2. The quantitative estimate of drug-likeness (QED) is 0.456. The van der Waals surface area contributed by atoms with E-state index in [-0.39, 0.29) is 12.1 Å². The maximum Gasteiger partial charge on any atom is 0.354 e. The minimum atomic E-state index is -4.21. The number of aromatic nitrogens is 2. The van der Waals surface area contributed by atoms with Gasteiger partial charge in [-0.1, -0.05) is 0 Å². The summed E-state index contributed by atoms with van der Waals surface area (Å²) in [6.45, 7) is 0.409. The summed E-state index contributed by atoms with van der Waals surface area (Å²) in [4.78, 5) is 26.4. The fraction of sp³-hybridized carbons (Fsp3) is 0.600. The molecule has 2 aliphatic rings. The van der Waals surface area contributed by atoms with Crippen molar-refractivity contribution in [3.05, 3.63) is 12.0 Å². The highest BCUT2D eigenvalue weighted by molar-refractivity contribution is 7.52. The van der Waals surface area contributed by atoms with Crippen molar-refractivity contribution in [2.75, 3.05) is 5.32 Å². The van der Waals surface area contributed by atoms with E-state index in [1.54, 1.807) is 10.9 Å². The number of nitrogens with two attached hydrogens (primary N) is 2. The van der Waals surface area contributed by atoms with Crippen molar-refractivity contribution in [3.8, 4) is 0 Å². The van der Waals surface area contributed by atoms with E-state index in [2.05, 4.69) is 15.3 Å². The molecule has 1 fully saturated rings. The predicted molar refractivity (Wildman–Crippen MR) is 74.3 cm³/mol. The van der Waals surface area contributed by atoms with Crippen molar-refractivity contribution in [2.24, 2.45) is 16.5 Å². The molecular weight excluding hydrogens is 299 g/mol. The number of ether oxygens (including phenoxy) is 1. The second-order valence-electron chi connectivity index (χ2n) is 5.09. The molecule has 3 rings (SSSR count). The van der Waals surface area contributed by atoms with E-state index in [0.717, 1.165) is 0 Å². The minimum Gasteiger partial charge on any atom is -0.370 e. The lowest BCUT2D eigenvalue weighted by molar-refractivity contribution is 0.0618. The van der Waals surface area contributed by atoms with Crippen molar-refractivity contribution in [3.63, 3.8) is 0 Å². The Morgan fingerprint density at radius 3 is 2.95 bits per heavy atom. The fourth-order valence-corrected chi connectivity index (χ4v) is 3.36. The summed E-state index contributed by atoms with van der Waals surface area (Å²) in [5.41, 5.74) is 12.0. The van der Waals surface area contributed by atoms with Crippen molar-refractivity contribution in [1.82, 2.24) is 9.55 Å². The molecule has 0 radical (unpaired) electrons. The molecule has 1 aromatic rings. The van der Waals surface area contributed by atoms with E-state index in [1.165, 1.54) is 0 Å². The van der Waals surface area contributed by atoms with Crippen molar-refractivity contribution in [2.45, 2.75) is 37.5 Å². The summed E-state index contributed by atoms with van der Waals surface area (Å²) in [6, 6.07) is 0. The van der Waals surface area contributed by atoms with Gasteiger partial charge in [-0.2, -0.15) is 0 Å². The SMILES string of the molecule is NC1=NC(N)c2ncn(C[C@@H]3CC[C@H](P(=O)(O)O)O3)c2N1. The second kappa shape index (κ2) is 5.08. The molecular formula is C10H17N6O4P. The van der Waals surface area contributed by atoms with Crippen LogP contribution in [0.3, 0.4) is 0 Å². The Labute approximate surface area is 120 Å². The summed E-state index contributed by atoms with van der Waals surface area (Å²) in [5, 5.41) is 2.89. The zero-order chi connectivity index (χ0) is 15.2. The van der Waals surface area contributed by atoms with Crippen LogP contribution in [-0.2, 0) is 15.8 Å². The van der Waals surface area contributed by atoms with Crippen LogP contribution >= 0.6 is 7.60 Å². The molecule has 1 unspecified atom stereocenters. The summed E-state index contributed by atoms with van der Waals surface area (Å²) in [5.74, 6) is -0.181. The number of hydrogen-bond acceptors (Lipinski definition) is 7. The monoisotopic (exact) mass is 316 g/mol. The molecule has 0 spiro atoms. The van der Waals surface area contributed by atoms with Crippen molar-refractivity contribution >= 4 is 19.4 Å². The molecule has 7 N–H and O–H groups in total. The van der Waals surface area contributed by atoms with Crippen LogP contribution in [0.5, 0.6) is 0 Å². The van der Waals surface area contributed by atoms with Crippen LogP contribution in [-0.4, -0.2) is 37.2 Å². The molecule has 1 saturated heterocycles. The van der Waals surface area contributed by atoms with Gasteiger partial charge in [0.1, 0.15) is 17.7 Å². The van der Waals surface area contributed by atoms with Crippen LogP contribution in [0, 0.1) is 0 Å². The number of nitrogens with zero attached hydrogens (tertiary/aromatic N) is 3. The first-order chi connectivity index (χ1) is 9.84. The summed E-state index contributed by atoms with van der Waals surface area (Å²) in [6.07, 6.45) is 1.58. The standard InChI is InChI=1S/C10H17N6O4P/c11-8-7-9(15-10(12)14-8)16(4-13-7)3-5-1-2-6(20-5)21(17,18)19/h4-6,8H,1-3,11H2,(H3,12,14,15)(H2,17,18,19)/t5-,6-,8?/m0/s1. The van der Waals surface area contributed by atoms with Gasteiger partial charge in [0.15, 0.2) is 11.8 Å². The highest BCUT2D eigenvalue weighted by Gasteiger charge is 2.38. The molecule has 21 heavy (non-hydrogen) atoms. The van der Waals surface area contributed by atoms with Gasteiger partial charge in [-0.25, -0.2) is 9.98 Å². The molecule has 116 valence electrons. The Balaban J connectivity index is 1.72. The number of aliphatic imine (C=N–C) groups is 1. The number of anilines is 1. The van der Waals surface area contributed by atoms with Gasteiger partial charge in [0, 0.05) is 0 Å². The Kier molecular flexibility index (Phi) is 3.50. The number of nitrogens with one attached hydrogen (secondary N) is 1. The first-order valence-corrected chi connectivity index (χ1v) is 8.14. The van der Waals surface area contributed by atoms with Gasteiger partial charge in [0.05, 0.1) is 19.0 Å². The van der Waals surface area contributed by atoms with Gasteiger partial charge in [0.25, 0.3) is 0 Å². The van der Waals surface area contributed by atoms with Crippen LogP contribution in [0.15, 0.2) is 11.3 Å². The first-order valence-electron chi connectivity index (χ1n) is 6.46. The Bertz CT molecular complexity index is 625. The van der Waals surface area contributed by atoms with E-state index in [0.29, 0.717) is 30.9 Å². The lowest BCUT2D eigenvalue weighted by atomic mass is 10.2. The maximum absolute atomic E-state index is 11.2. The first kappa shape index (κ1) is 14.5. The molecule has 0 aromatic carbocycles. The zero-order valence-corrected chi connectivity index (χ0v) is 12.0. The Morgan fingerprint density at radius 1 is 1.52 bits per heavy atom. The van der Waals surface area contributed by atoms with Crippen LogP contribution in [0.2, 0.25) is 0 Å². The van der Waals surface area contributed by atoms with Gasteiger partial charge >= 0.3 is 7.60 Å². The average molecular weight is 316 g/mol. The van der Waals surface area contributed by atoms with Crippen LogP contribution < -0.4 is 16.8 Å². The van der Waals surface area contributed by atoms with Crippen LogP contribution in [0.4, 0.5) is 5.82 Å². The van der Waals surface area contributed by atoms with Gasteiger partial charge in [-0.3, -0.25) is 4.57 Å². The Morgan fingerprint density at radius 2 is 2.29 bits per heavy atom. The summed E-state index contributed by atoms with van der Waals surface area (Å²) < 4.78 is 18.4. The second-order valence-corrected chi connectivity index (χ2v) is 6.85. The number of rotatable bonds is 3. The molecule has 0 saturated carbocycles. The smallest absolute Gasteiger partial charge is 0.354 e. The third kappa shape index (κ3) is 2.81. The lowest BCUT2D eigenvalue weighted by Crippen LogP contribution is -2.32.